The van der Waals surface area contributed by atoms with E-state index in [0.29, 0.717) is 46.1 Å². The first-order valence-corrected chi connectivity index (χ1v) is 9.15. The van der Waals surface area contributed by atoms with Crippen molar-refractivity contribution >= 4 is 0 Å². The first kappa shape index (κ1) is 18.5. The van der Waals surface area contributed by atoms with Crippen molar-refractivity contribution < 1.29 is 29.2 Å². The van der Waals surface area contributed by atoms with E-state index in [-0.39, 0.29) is 12.4 Å². The molecule has 4 rings (SSSR count). The van der Waals surface area contributed by atoms with Gasteiger partial charge in [0.2, 0.25) is 0 Å². The fraction of sp³-hybridized carbons (Fsp3) is 0.364. The molecule has 0 saturated carbocycles. The van der Waals surface area contributed by atoms with Gasteiger partial charge in [-0.3, -0.25) is 0 Å². The lowest BCUT2D eigenvalue weighted by Gasteiger charge is -2.36. The summed E-state index contributed by atoms with van der Waals surface area (Å²) in [6, 6.07) is 6.90. The summed E-state index contributed by atoms with van der Waals surface area (Å²) in [6.07, 6.45) is 1.80. The molecule has 2 aliphatic heterocycles. The van der Waals surface area contributed by atoms with Gasteiger partial charge in [-0.05, 0) is 32.4 Å². The number of phenolic OH excluding ortho intramolecular Hbond substituents is 1. The number of aliphatic hydroxyl groups is 1. The summed E-state index contributed by atoms with van der Waals surface area (Å²) in [7, 11) is 3.12. The Morgan fingerprint density at radius 3 is 2.68 bits per heavy atom. The van der Waals surface area contributed by atoms with Gasteiger partial charge in [-0.1, -0.05) is 11.6 Å². The van der Waals surface area contributed by atoms with Crippen molar-refractivity contribution in [3.63, 3.8) is 0 Å². The van der Waals surface area contributed by atoms with Gasteiger partial charge < -0.3 is 29.2 Å². The third kappa shape index (κ3) is 2.67. The second kappa shape index (κ2) is 6.63. The van der Waals surface area contributed by atoms with Crippen LogP contribution in [0.5, 0.6) is 28.7 Å². The van der Waals surface area contributed by atoms with Gasteiger partial charge in [0.05, 0.1) is 19.8 Å². The normalized spacial score (nSPS) is 21.5. The van der Waals surface area contributed by atoms with Crippen LogP contribution in [0.3, 0.4) is 0 Å². The summed E-state index contributed by atoms with van der Waals surface area (Å²) in [5.74, 6) is 2.20. The van der Waals surface area contributed by atoms with Gasteiger partial charge in [0, 0.05) is 23.3 Å². The molecule has 28 heavy (non-hydrogen) atoms. The fourth-order valence-electron chi connectivity index (χ4n) is 3.87. The lowest BCUT2D eigenvalue weighted by molar-refractivity contribution is -0.0873. The summed E-state index contributed by atoms with van der Waals surface area (Å²) in [5.41, 5.74) is 1.65. The molecule has 2 aromatic rings. The van der Waals surface area contributed by atoms with Crippen molar-refractivity contribution in [2.24, 2.45) is 0 Å². The Morgan fingerprint density at radius 2 is 2.00 bits per heavy atom. The number of benzene rings is 2. The zero-order valence-electron chi connectivity index (χ0n) is 16.4. The van der Waals surface area contributed by atoms with Crippen LogP contribution in [0, 0.1) is 0 Å². The molecule has 0 aromatic heterocycles. The zero-order valence-corrected chi connectivity index (χ0v) is 16.4. The highest BCUT2D eigenvalue weighted by molar-refractivity contribution is 5.62. The number of hydrogen-bond donors (Lipinski definition) is 2. The summed E-state index contributed by atoms with van der Waals surface area (Å²) < 4.78 is 22.9. The van der Waals surface area contributed by atoms with E-state index in [4.69, 9.17) is 18.9 Å². The maximum atomic E-state index is 11.5. The Kier molecular flexibility index (Phi) is 4.38. The second-order valence-electron chi connectivity index (χ2n) is 7.38. The van der Waals surface area contributed by atoms with E-state index in [1.54, 1.807) is 38.5 Å². The van der Waals surface area contributed by atoms with Crippen molar-refractivity contribution in [2.45, 2.75) is 32.0 Å². The Morgan fingerprint density at radius 1 is 1.21 bits per heavy atom. The highest BCUT2D eigenvalue weighted by atomic mass is 16.5. The van der Waals surface area contributed by atoms with Crippen molar-refractivity contribution in [2.75, 3.05) is 20.8 Å². The van der Waals surface area contributed by atoms with Crippen molar-refractivity contribution in [3.05, 3.63) is 52.6 Å². The second-order valence-corrected chi connectivity index (χ2v) is 7.38. The lowest BCUT2D eigenvalue weighted by Crippen LogP contribution is -2.41. The van der Waals surface area contributed by atoms with Crippen LogP contribution in [0.1, 0.15) is 36.6 Å². The molecule has 2 aromatic carbocycles. The van der Waals surface area contributed by atoms with E-state index in [0.717, 1.165) is 5.57 Å². The van der Waals surface area contributed by atoms with Crippen LogP contribution in [0.2, 0.25) is 0 Å². The minimum atomic E-state index is -1.35. The van der Waals surface area contributed by atoms with Crippen LogP contribution in [0.15, 0.2) is 35.9 Å². The molecule has 0 bridgehead atoms. The summed E-state index contributed by atoms with van der Waals surface area (Å²) in [4.78, 5) is 0. The maximum absolute atomic E-state index is 11.5. The first-order valence-electron chi connectivity index (χ1n) is 9.15. The predicted octanol–water partition coefficient (Wildman–Crippen LogP) is 3.63. The number of fused-ring (bicyclic) bond motifs is 5. The average molecular weight is 384 g/mol. The van der Waals surface area contributed by atoms with Crippen molar-refractivity contribution in [3.8, 4) is 28.7 Å². The monoisotopic (exact) mass is 384 g/mol. The predicted molar refractivity (Wildman–Crippen MR) is 104 cm³/mol. The van der Waals surface area contributed by atoms with E-state index < -0.39 is 11.7 Å². The van der Waals surface area contributed by atoms with Gasteiger partial charge in [-0.2, -0.15) is 0 Å². The molecule has 2 N–H and O–H groups in total. The summed E-state index contributed by atoms with van der Waals surface area (Å²) in [5, 5.41) is 22.0. The van der Waals surface area contributed by atoms with Gasteiger partial charge in [0.1, 0.15) is 35.4 Å². The molecule has 0 fully saturated rings. The van der Waals surface area contributed by atoms with Gasteiger partial charge in [0.25, 0.3) is 0 Å². The molecular formula is C22H24O6. The highest BCUT2D eigenvalue weighted by Gasteiger charge is 2.54. The summed E-state index contributed by atoms with van der Waals surface area (Å²) in [6.45, 7) is 4.00. The van der Waals surface area contributed by atoms with E-state index in [2.05, 4.69) is 0 Å². The lowest BCUT2D eigenvalue weighted by atomic mass is 9.83. The minimum absolute atomic E-state index is 0.0138. The van der Waals surface area contributed by atoms with Gasteiger partial charge >= 0.3 is 0 Å². The average Bonchev–Trinajstić information content (AvgIpc) is 2.97. The highest BCUT2D eigenvalue weighted by Crippen LogP contribution is 2.57. The third-order valence-electron chi connectivity index (χ3n) is 5.32. The van der Waals surface area contributed by atoms with E-state index in [9.17, 15) is 10.2 Å². The molecule has 148 valence electrons. The van der Waals surface area contributed by atoms with Gasteiger partial charge in [-0.25, -0.2) is 0 Å². The number of methoxy groups -OCH3 is 2. The van der Waals surface area contributed by atoms with E-state index in [1.807, 2.05) is 19.9 Å². The van der Waals surface area contributed by atoms with Crippen molar-refractivity contribution in [1.82, 2.24) is 0 Å². The molecule has 0 saturated heterocycles. The van der Waals surface area contributed by atoms with Crippen LogP contribution in [0.25, 0.3) is 0 Å². The third-order valence-corrected chi connectivity index (χ3v) is 5.32. The molecule has 2 aliphatic rings. The van der Waals surface area contributed by atoms with Crippen LogP contribution in [0.4, 0.5) is 0 Å². The number of hydrogen-bond acceptors (Lipinski definition) is 6. The molecular weight excluding hydrogens is 360 g/mol. The Bertz CT molecular complexity index is 960. The Hall–Kier alpha value is -2.86. The SMILES string of the molecule is COc1ccc2c(c1)OC1c3c(cc(O)c(CC=C(C)C)c3OC)OCC21O. The fourth-order valence-corrected chi connectivity index (χ4v) is 3.87. The van der Waals surface area contributed by atoms with E-state index >= 15 is 0 Å². The number of aromatic hydroxyl groups is 1. The number of phenols is 1. The van der Waals surface area contributed by atoms with Crippen LogP contribution < -0.4 is 18.9 Å². The molecule has 2 heterocycles. The zero-order chi connectivity index (χ0) is 20.1. The largest absolute Gasteiger partial charge is 0.507 e. The van der Waals surface area contributed by atoms with Gasteiger partial charge in [-0.15, -0.1) is 0 Å². The van der Waals surface area contributed by atoms with Gasteiger partial charge in [0.15, 0.2) is 11.7 Å². The number of allylic oxidation sites excluding steroid dienone is 2. The van der Waals surface area contributed by atoms with Crippen molar-refractivity contribution in [1.29, 1.82) is 0 Å². The Labute approximate surface area is 163 Å². The molecule has 0 radical (unpaired) electrons. The number of ether oxygens (including phenoxy) is 4. The molecule has 0 amide bonds. The maximum Gasteiger partial charge on any atom is 0.168 e. The topological polar surface area (TPSA) is 77.4 Å². The summed E-state index contributed by atoms with van der Waals surface area (Å²) >= 11 is 0. The smallest absolute Gasteiger partial charge is 0.168 e. The quantitative estimate of drug-likeness (QED) is 0.784. The van der Waals surface area contributed by atoms with E-state index in [1.165, 1.54) is 0 Å². The first-order chi connectivity index (χ1) is 13.4. The van der Waals surface area contributed by atoms with Crippen LogP contribution in [-0.2, 0) is 12.0 Å². The van der Waals surface area contributed by atoms with Crippen LogP contribution >= 0.6 is 0 Å². The standard InChI is InChI=1S/C22H24O6/c1-12(2)5-7-14-16(23)10-18-19(20(14)26-4)21-22(24,11-27-18)15-8-6-13(25-3)9-17(15)28-21/h5-6,8-10,21,23-24H,7,11H2,1-4H3. The molecule has 6 nitrogen and oxygen atoms in total. The molecule has 0 aliphatic carbocycles. The number of rotatable bonds is 4. The molecule has 2 unspecified atom stereocenters. The molecule has 2 atom stereocenters. The van der Waals surface area contributed by atoms with Crippen LogP contribution in [-0.4, -0.2) is 31.0 Å². The molecule has 6 heteroatoms. The molecule has 0 spiro atoms. The Balaban J connectivity index is 1.87. The minimum Gasteiger partial charge on any atom is -0.507 e.